The maximum absolute atomic E-state index is 4.44. The Morgan fingerprint density at radius 3 is 0.976 bits per heavy atom. The zero-order valence-electron chi connectivity index (χ0n) is 21.8. The van der Waals surface area contributed by atoms with Gasteiger partial charge in [0.1, 0.15) is 17.1 Å². The molecule has 0 aliphatic rings. The summed E-state index contributed by atoms with van der Waals surface area (Å²) in [4.78, 5) is 35.6. The summed E-state index contributed by atoms with van der Waals surface area (Å²) in [6.45, 7) is 0. The van der Waals surface area contributed by atoms with E-state index in [1.807, 2.05) is 105 Å². The first-order valence-electron chi connectivity index (χ1n) is 12.8. The Hall–Kier alpha value is -5.04. The van der Waals surface area contributed by atoms with Gasteiger partial charge in [-0.15, -0.1) is 34.0 Å². The second-order valence-corrected chi connectivity index (χ2v) is 11.1. The highest BCUT2D eigenvalue weighted by atomic mass is 32.1. The summed E-state index contributed by atoms with van der Waals surface area (Å²) in [5.41, 5.74) is 14.2. The number of aromatic amines is 3. The van der Waals surface area contributed by atoms with Crippen molar-refractivity contribution < 1.29 is 0 Å². The lowest BCUT2D eigenvalue weighted by Crippen LogP contribution is -1.77. The largest absolute Gasteiger partial charge is 0.337 e. The number of aromatic nitrogens is 9. The molecule has 0 aliphatic carbocycles. The molecule has 0 spiro atoms. The Bertz CT molecular complexity index is 1810. The van der Waals surface area contributed by atoms with E-state index in [2.05, 4.69) is 44.9 Å². The zero-order chi connectivity index (χ0) is 28.1. The number of benzene rings is 3. The maximum atomic E-state index is 4.44. The highest BCUT2D eigenvalue weighted by Crippen LogP contribution is 2.21. The fourth-order valence-electron chi connectivity index (χ4n) is 4.21. The number of H-pyrrole nitrogens is 3. The van der Waals surface area contributed by atoms with Gasteiger partial charge in [-0.1, -0.05) is 36.4 Å². The van der Waals surface area contributed by atoms with Crippen LogP contribution in [0.4, 0.5) is 0 Å². The van der Waals surface area contributed by atoms with Crippen LogP contribution in [0.15, 0.2) is 105 Å². The molecule has 12 heteroatoms. The van der Waals surface area contributed by atoms with Gasteiger partial charge in [0.25, 0.3) is 0 Å². The Morgan fingerprint density at radius 1 is 0.405 bits per heavy atom. The molecule has 9 nitrogen and oxygen atoms in total. The second-order valence-electron chi connectivity index (χ2n) is 8.93. The van der Waals surface area contributed by atoms with Crippen molar-refractivity contribution in [3.8, 4) is 34.6 Å². The van der Waals surface area contributed by atoms with Gasteiger partial charge < -0.3 is 15.0 Å². The number of fused-ring (bicyclic) bond motifs is 3. The van der Waals surface area contributed by atoms with Gasteiger partial charge in [0, 0.05) is 16.1 Å². The minimum atomic E-state index is 0.840. The smallest absolute Gasteiger partial charge is 0.158 e. The van der Waals surface area contributed by atoms with E-state index < -0.39 is 0 Å². The van der Waals surface area contributed by atoms with Gasteiger partial charge in [-0.25, -0.2) is 29.9 Å². The van der Waals surface area contributed by atoms with Gasteiger partial charge in [0.2, 0.25) is 0 Å². The van der Waals surface area contributed by atoms with Crippen LogP contribution in [-0.4, -0.2) is 44.9 Å². The predicted molar refractivity (Wildman–Crippen MR) is 172 cm³/mol. The molecule has 0 saturated heterocycles. The van der Waals surface area contributed by atoms with Gasteiger partial charge in [-0.3, -0.25) is 0 Å². The Balaban J connectivity index is 0.000000103. The number of hydrogen-bond donors (Lipinski definition) is 3. The fourth-order valence-corrected chi connectivity index (χ4v) is 5.82. The highest BCUT2D eigenvalue weighted by molar-refractivity contribution is 7.08. The van der Waals surface area contributed by atoms with Crippen LogP contribution in [0.1, 0.15) is 0 Å². The first-order valence-corrected chi connectivity index (χ1v) is 15.6. The average Bonchev–Trinajstić information content (AvgIpc) is 3.88. The lowest BCUT2D eigenvalue weighted by Gasteiger charge is -1.84. The van der Waals surface area contributed by atoms with E-state index in [0.717, 1.165) is 67.7 Å². The molecule has 9 aromatic rings. The van der Waals surface area contributed by atoms with Crippen molar-refractivity contribution in [2.75, 3.05) is 0 Å². The molecule has 0 bridgehead atoms. The summed E-state index contributed by atoms with van der Waals surface area (Å²) in [6, 6.07) is 23.9. The van der Waals surface area contributed by atoms with Crippen LogP contribution in [0.3, 0.4) is 0 Å². The molecule has 9 rings (SSSR count). The lowest BCUT2D eigenvalue weighted by molar-refractivity contribution is 1.27. The second kappa shape index (κ2) is 11.8. The third-order valence-electron chi connectivity index (χ3n) is 6.19. The van der Waals surface area contributed by atoms with E-state index in [9.17, 15) is 0 Å². The third kappa shape index (κ3) is 5.59. The van der Waals surface area contributed by atoms with Gasteiger partial charge in [-0.2, -0.15) is 0 Å². The van der Waals surface area contributed by atoms with Gasteiger partial charge in [-0.05, 0) is 36.4 Å². The van der Waals surface area contributed by atoms with E-state index >= 15 is 0 Å². The molecule has 6 heterocycles. The highest BCUT2D eigenvalue weighted by Gasteiger charge is 2.07. The van der Waals surface area contributed by atoms with Gasteiger partial charge in [0.15, 0.2) is 17.5 Å². The first kappa shape index (κ1) is 25.9. The van der Waals surface area contributed by atoms with Crippen molar-refractivity contribution in [3.05, 3.63) is 105 Å². The summed E-state index contributed by atoms with van der Waals surface area (Å²) in [5, 5.41) is 5.95. The normalized spacial score (nSPS) is 10.9. The molecule has 0 fully saturated rings. The third-order valence-corrected chi connectivity index (χ3v) is 7.95. The molecule has 0 saturated carbocycles. The number of nitrogens with one attached hydrogen (secondary N) is 3. The summed E-state index contributed by atoms with van der Waals surface area (Å²) >= 11 is 4.72. The molecule has 204 valence electrons. The number of imidazole rings is 3. The van der Waals surface area contributed by atoms with Gasteiger partial charge >= 0.3 is 0 Å². The van der Waals surface area contributed by atoms with E-state index in [4.69, 9.17) is 0 Å². The standard InChI is InChI=1S/3C10H7N3S/c3*1-2-4-8-7(3-1)12-10(13-8)9-5-14-6-11-9/h3*1-6H,(H,12,13). The van der Waals surface area contributed by atoms with Crippen LogP contribution in [-0.2, 0) is 0 Å². The van der Waals surface area contributed by atoms with Crippen LogP contribution in [0, 0.1) is 0 Å². The van der Waals surface area contributed by atoms with Crippen LogP contribution < -0.4 is 0 Å². The van der Waals surface area contributed by atoms with Crippen LogP contribution in [0.5, 0.6) is 0 Å². The quantitative estimate of drug-likeness (QED) is 0.188. The number of thiazole rings is 3. The van der Waals surface area contributed by atoms with Crippen LogP contribution in [0.2, 0.25) is 0 Å². The average molecular weight is 604 g/mol. The number of para-hydroxylation sites is 6. The van der Waals surface area contributed by atoms with E-state index in [-0.39, 0.29) is 0 Å². The van der Waals surface area contributed by atoms with Crippen LogP contribution in [0.25, 0.3) is 67.7 Å². The monoisotopic (exact) mass is 603 g/mol. The van der Waals surface area contributed by atoms with Crippen LogP contribution >= 0.6 is 34.0 Å². The molecule has 0 atom stereocenters. The number of nitrogens with zero attached hydrogens (tertiary/aromatic N) is 6. The Kier molecular flexibility index (Phi) is 7.29. The van der Waals surface area contributed by atoms with Crippen molar-refractivity contribution in [1.82, 2.24) is 44.9 Å². The predicted octanol–water partition coefficient (Wildman–Crippen LogP) is 8.06. The number of rotatable bonds is 3. The molecule has 0 aliphatic heterocycles. The molecule has 6 aromatic heterocycles. The number of hydrogen-bond acceptors (Lipinski definition) is 9. The molecular formula is C30H21N9S3. The molecule has 0 amide bonds. The Labute approximate surface area is 251 Å². The fraction of sp³-hybridized carbons (Fsp3) is 0. The van der Waals surface area contributed by atoms with Gasteiger partial charge in [0.05, 0.1) is 49.6 Å². The minimum Gasteiger partial charge on any atom is -0.337 e. The topological polar surface area (TPSA) is 125 Å². The summed E-state index contributed by atoms with van der Waals surface area (Å²) in [7, 11) is 0. The van der Waals surface area contributed by atoms with E-state index in [1.165, 1.54) is 0 Å². The van der Waals surface area contributed by atoms with Crippen molar-refractivity contribution in [1.29, 1.82) is 0 Å². The first-order chi connectivity index (χ1) is 20.8. The SMILES string of the molecule is c1ccc2[nH]c(-c3cscn3)nc2c1.c1ccc2[nH]c(-c3cscn3)nc2c1.c1ccc2[nH]c(-c3cscn3)nc2c1. The Morgan fingerprint density at radius 2 is 0.714 bits per heavy atom. The molecular weight excluding hydrogens is 583 g/mol. The molecule has 42 heavy (non-hydrogen) atoms. The lowest BCUT2D eigenvalue weighted by atomic mass is 10.3. The molecule has 3 aromatic carbocycles. The molecule has 0 radical (unpaired) electrons. The van der Waals surface area contributed by atoms with E-state index in [1.54, 1.807) is 34.0 Å². The van der Waals surface area contributed by atoms with Crippen molar-refractivity contribution in [2.45, 2.75) is 0 Å². The van der Waals surface area contributed by atoms with Crippen molar-refractivity contribution in [3.63, 3.8) is 0 Å². The molecule has 3 N–H and O–H groups in total. The van der Waals surface area contributed by atoms with E-state index in [0.29, 0.717) is 0 Å². The summed E-state index contributed by atoms with van der Waals surface area (Å²) in [6.07, 6.45) is 0. The van der Waals surface area contributed by atoms with Crippen molar-refractivity contribution in [2.24, 2.45) is 0 Å². The summed E-state index contributed by atoms with van der Waals surface area (Å²) in [5.74, 6) is 2.52. The summed E-state index contributed by atoms with van der Waals surface area (Å²) < 4.78 is 0. The molecule has 0 unspecified atom stereocenters. The van der Waals surface area contributed by atoms with Crippen molar-refractivity contribution >= 4 is 67.1 Å². The zero-order valence-corrected chi connectivity index (χ0v) is 24.2. The maximum Gasteiger partial charge on any atom is 0.158 e. The minimum absolute atomic E-state index is 0.840.